The number of amidine groups is 1. The first-order valence-corrected chi connectivity index (χ1v) is 7.45. The van der Waals surface area contributed by atoms with Crippen molar-refractivity contribution in [2.75, 3.05) is 0 Å². The van der Waals surface area contributed by atoms with Crippen molar-refractivity contribution in [3.05, 3.63) is 69.7 Å². The van der Waals surface area contributed by atoms with Crippen molar-refractivity contribution < 1.29 is 5.21 Å². The molecule has 0 aliphatic carbocycles. The molecule has 0 radical (unpaired) electrons. The smallest absolute Gasteiger partial charge is 0.170 e. The van der Waals surface area contributed by atoms with Gasteiger partial charge in [0.25, 0.3) is 0 Å². The van der Waals surface area contributed by atoms with Crippen LogP contribution in [0.1, 0.15) is 29.7 Å². The maximum Gasteiger partial charge on any atom is 0.170 e. The van der Waals surface area contributed by atoms with Gasteiger partial charge < -0.3 is 16.3 Å². The molecule has 1 unspecified atom stereocenters. The minimum absolute atomic E-state index is 0.128. The van der Waals surface area contributed by atoms with Crippen LogP contribution in [0.2, 0.25) is 0 Å². The molecule has 0 aliphatic rings. The monoisotopic (exact) mass is 347 g/mol. The summed E-state index contributed by atoms with van der Waals surface area (Å²) < 4.78 is 1.07. The fourth-order valence-electron chi connectivity index (χ4n) is 2.11. The maximum absolute atomic E-state index is 8.83. The third-order valence-corrected chi connectivity index (χ3v) is 3.90. The lowest BCUT2D eigenvalue weighted by Gasteiger charge is -2.16. The van der Waals surface area contributed by atoms with E-state index in [9.17, 15) is 0 Å². The molecular weight excluding hydrogens is 330 g/mol. The van der Waals surface area contributed by atoms with Crippen LogP contribution in [-0.2, 0) is 6.54 Å². The number of hydrogen-bond donors (Lipinski definition) is 3. The zero-order chi connectivity index (χ0) is 15.2. The van der Waals surface area contributed by atoms with Crippen LogP contribution >= 0.6 is 15.9 Å². The normalized spacial score (nSPS) is 13.1. The van der Waals surface area contributed by atoms with Gasteiger partial charge in [0.2, 0.25) is 0 Å². The van der Waals surface area contributed by atoms with Gasteiger partial charge in [-0.1, -0.05) is 57.5 Å². The van der Waals surface area contributed by atoms with E-state index in [2.05, 4.69) is 45.5 Å². The van der Waals surface area contributed by atoms with Crippen molar-refractivity contribution >= 4 is 21.8 Å². The summed E-state index contributed by atoms with van der Waals surface area (Å²) in [4.78, 5) is 0. The number of rotatable bonds is 5. The molecule has 4 N–H and O–H groups in total. The highest BCUT2D eigenvalue weighted by Gasteiger charge is 2.09. The second-order valence-corrected chi connectivity index (χ2v) is 5.71. The van der Waals surface area contributed by atoms with Gasteiger partial charge in [0.15, 0.2) is 5.84 Å². The quantitative estimate of drug-likeness (QED) is 0.336. The Bertz CT molecular complexity index is 626. The molecule has 0 aromatic heterocycles. The van der Waals surface area contributed by atoms with E-state index in [1.807, 2.05) is 36.4 Å². The van der Waals surface area contributed by atoms with Crippen LogP contribution < -0.4 is 11.1 Å². The lowest BCUT2D eigenvalue weighted by Crippen LogP contribution is -2.22. The number of halogens is 1. The van der Waals surface area contributed by atoms with Gasteiger partial charge in [-0.25, -0.2) is 0 Å². The van der Waals surface area contributed by atoms with Crippen molar-refractivity contribution in [1.29, 1.82) is 0 Å². The van der Waals surface area contributed by atoms with Crippen molar-refractivity contribution in [1.82, 2.24) is 5.32 Å². The molecule has 0 spiro atoms. The average Bonchev–Trinajstić information content (AvgIpc) is 2.52. The number of hydrogen-bond acceptors (Lipinski definition) is 3. The largest absolute Gasteiger partial charge is 0.409 e. The second kappa shape index (κ2) is 7.24. The molecule has 0 saturated heterocycles. The molecule has 2 aromatic rings. The van der Waals surface area contributed by atoms with E-state index in [4.69, 9.17) is 10.9 Å². The molecule has 21 heavy (non-hydrogen) atoms. The first-order valence-electron chi connectivity index (χ1n) is 6.66. The third-order valence-electron chi connectivity index (χ3n) is 3.37. The van der Waals surface area contributed by atoms with E-state index in [-0.39, 0.29) is 11.9 Å². The fourth-order valence-corrected chi connectivity index (χ4v) is 2.37. The first kappa shape index (κ1) is 15.5. The summed E-state index contributed by atoms with van der Waals surface area (Å²) in [7, 11) is 0. The molecule has 5 heteroatoms. The molecule has 0 heterocycles. The molecule has 0 bridgehead atoms. The SMILES string of the molecule is CC(NCc1ccccc1C(N)=NO)c1ccc(Br)cc1. The van der Waals surface area contributed by atoms with E-state index in [1.54, 1.807) is 0 Å². The van der Waals surface area contributed by atoms with Crippen LogP contribution in [0.15, 0.2) is 58.2 Å². The van der Waals surface area contributed by atoms with Gasteiger partial charge >= 0.3 is 0 Å². The van der Waals surface area contributed by atoms with Crippen LogP contribution in [0, 0.1) is 0 Å². The van der Waals surface area contributed by atoms with Gasteiger partial charge in [-0.3, -0.25) is 0 Å². The average molecular weight is 348 g/mol. The van der Waals surface area contributed by atoms with Gasteiger partial charge in [0, 0.05) is 22.6 Å². The van der Waals surface area contributed by atoms with E-state index in [0.29, 0.717) is 6.54 Å². The lowest BCUT2D eigenvalue weighted by atomic mass is 10.0. The van der Waals surface area contributed by atoms with Crippen LogP contribution in [0.25, 0.3) is 0 Å². The van der Waals surface area contributed by atoms with Gasteiger partial charge in [-0.2, -0.15) is 0 Å². The second-order valence-electron chi connectivity index (χ2n) is 4.80. The highest BCUT2D eigenvalue weighted by atomic mass is 79.9. The molecule has 2 rings (SSSR count). The summed E-state index contributed by atoms with van der Waals surface area (Å²) in [6, 6.07) is 16.0. The Morgan fingerprint density at radius 3 is 2.57 bits per heavy atom. The first-order chi connectivity index (χ1) is 10.1. The Kier molecular flexibility index (Phi) is 5.36. The zero-order valence-corrected chi connectivity index (χ0v) is 13.3. The minimum Gasteiger partial charge on any atom is -0.409 e. The van der Waals surface area contributed by atoms with Crippen LogP contribution in [-0.4, -0.2) is 11.0 Å². The van der Waals surface area contributed by atoms with E-state index in [0.717, 1.165) is 15.6 Å². The van der Waals surface area contributed by atoms with Gasteiger partial charge in [-0.05, 0) is 30.2 Å². The van der Waals surface area contributed by atoms with Gasteiger partial charge in [0.05, 0.1) is 0 Å². The van der Waals surface area contributed by atoms with E-state index >= 15 is 0 Å². The maximum atomic E-state index is 8.83. The zero-order valence-electron chi connectivity index (χ0n) is 11.8. The molecule has 2 aromatic carbocycles. The Morgan fingerprint density at radius 1 is 1.24 bits per heavy atom. The summed E-state index contributed by atoms with van der Waals surface area (Å²) >= 11 is 3.43. The molecule has 110 valence electrons. The molecule has 0 saturated carbocycles. The molecule has 1 atom stereocenters. The van der Waals surface area contributed by atoms with Crippen molar-refractivity contribution in [2.45, 2.75) is 19.5 Å². The Labute approximate surface area is 132 Å². The summed E-state index contributed by atoms with van der Waals surface area (Å²) in [6.45, 7) is 2.75. The Morgan fingerprint density at radius 2 is 1.90 bits per heavy atom. The number of nitrogens with zero attached hydrogens (tertiary/aromatic N) is 1. The molecule has 0 fully saturated rings. The molecule has 0 aliphatic heterocycles. The highest BCUT2D eigenvalue weighted by molar-refractivity contribution is 9.10. The summed E-state index contributed by atoms with van der Waals surface area (Å²) in [5, 5.41) is 15.4. The molecular formula is C16H18BrN3O. The van der Waals surface area contributed by atoms with E-state index in [1.165, 1.54) is 5.56 Å². The predicted molar refractivity (Wildman–Crippen MR) is 88.3 cm³/mol. The standard InChI is InChI=1S/C16H18BrN3O/c1-11(12-6-8-14(17)9-7-12)19-10-13-4-2-3-5-15(13)16(18)20-21/h2-9,11,19,21H,10H2,1H3,(H2,18,20). The predicted octanol–water partition coefficient (Wildman–Crippen LogP) is 3.39. The third kappa shape index (κ3) is 4.06. The van der Waals surface area contributed by atoms with Gasteiger partial charge in [0.1, 0.15) is 0 Å². The Balaban J connectivity index is 2.08. The molecule has 0 amide bonds. The lowest BCUT2D eigenvalue weighted by molar-refractivity contribution is 0.318. The number of nitrogens with two attached hydrogens (primary N) is 1. The number of nitrogens with one attached hydrogen (secondary N) is 1. The molecule has 4 nitrogen and oxygen atoms in total. The Hall–Kier alpha value is -1.85. The minimum atomic E-state index is 0.128. The number of benzene rings is 2. The summed E-state index contributed by atoms with van der Waals surface area (Å²) in [5.74, 6) is 0.128. The summed E-state index contributed by atoms with van der Waals surface area (Å²) in [6.07, 6.45) is 0. The topological polar surface area (TPSA) is 70.6 Å². The summed E-state index contributed by atoms with van der Waals surface area (Å²) in [5.41, 5.74) is 8.65. The van der Waals surface area contributed by atoms with Crippen molar-refractivity contribution in [3.8, 4) is 0 Å². The van der Waals surface area contributed by atoms with Crippen LogP contribution in [0.3, 0.4) is 0 Å². The number of oxime groups is 1. The van der Waals surface area contributed by atoms with E-state index < -0.39 is 0 Å². The van der Waals surface area contributed by atoms with Crippen molar-refractivity contribution in [2.24, 2.45) is 10.9 Å². The van der Waals surface area contributed by atoms with Gasteiger partial charge in [-0.15, -0.1) is 0 Å². The van der Waals surface area contributed by atoms with Crippen LogP contribution in [0.5, 0.6) is 0 Å². The van der Waals surface area contributed by atoms with Crippen molar-refractivity contribution in [3.63, 3.8) is 0 Å². The highest BCUT2D eigenvalue weighted by Crippen LogP contribution is 2.17. The van der Waals surface area contributed by atoms with Crippen LogP contribution in [0.4, 0.5) is 0 Å². The fraction of sp³-hybridized carbons (Fsp3) is 0.188.